The smallest absolute Gasteiger partial charge is 0.233 e. The molecule has 0 amide bonds. The van der Waals surface area contributed by atoms with E-state index < -0.39 is 0 Å². The summed E-state index contributed by atoms with van der Waals surface area (Å²) in [5.41, 5.74) is 1.77. The lowest BCUT2D eigenvalue weighted by Gasteiger charge is -2.17. The molecule has 0 spiro atoms. The summed E-state index contributed by atoms with van der Waals surface area (Å²) in [6.07, 6.45) is 1.81. The molecule has 0 radical (unpaired) electrons. The highest BCUT2D eigenvalue weighted by Gasteiger charge is 2.16. The summed E-state index contributed by atoms with van der Waals surface area (Å²) in [7, 11) is 9.80. The standard InChI is InChI=1S/C53H82N6O18/c1-60-15-7-8-16-66-27-33-72-45-12-9-42(39-48(45)75-36-30-69-24-19-63-4)54-51-57-52(55-43-10-13-46(73-34-28-67-22-17-61-2)49(40-43)76-37-31-70-25-20-64-5)59-53(58-51)56-44-11-14-47(74-35-29-68-23-18-62-3)50(41-44)77-38-32-71-26-21-65-6/h9-14,39-41H,7-8,15-38H2,1-6H3,(H3,54,55,56,57,58,59). The number of rotatable bonds is 50. The van der Waals surface area contributed by atoms with Crippen molar-refractivity contribution in [1.82, 2.24) is 15.0 Å². The lowest BCUT2D eigenvalue weighted by atomic mass is 10.2. The SMILES string of the molecule is COCCCCOCCOc1ccc(Nc2nc(Nc3ccc(OCCOCCOC)c(OCCOCCOC)c3)nc(Nc3ccc(OCCOCCOC)c(OCCOCCOC)c3)n2)cc1OCCOCCOC. The van der Waals surface area contributed by atoms with Crippen LogP contribution < -0.4 is 44.4 Å². The van der Waals surface area contributed by atoms with Gasteiger partial charge in [0.1, 0.15) is 39.6 Å². The molecule has 0 unspecified atom stereocenters. The average molecular weight is 1090 g/mol. The Labute approximate surface area is 453 Å². The van der Waals surface area contributed by atoms with Crippen LogP contribution in [0.4, 0.5) is 34.9 Å². The molecular weight excluding hydrogens is 1010 g/mol. The first-order chi connectivity index (χ1) is 38.0. The number of hydrogen-bond donors (Lipinski definition) is 3. The third-order valence-electron chi connectivity index (χ3n) is 10.2. The highest BCUT2D eigenvalue weighted by Crippen LogP contribution is 2.35. The molecule has 77 heavy (non-hydrogen) atoms. The van der Waals surface area contributed by atoms with Gasteiger partial charge in [-0.1, -0.05) is 0 Å². The van der Waals surface area contributed by atoms with E-state index >= 15 is 0 Å². The zero-order chi connectivity index (χ0) is 54.6. The fourth-order valence-corrected chi connectivity index (χ4v) is 6.42. The fourth-order valence-electron chi connectivity index (χ4n) is 6.42. The molecule has 0 aliphatic carbocycles. The van der Waals surface area contributed by atoms with Gasteiger partial charge in [0.15, 0.2) is 34.5 Å². The predicted octanol–water partition coefficient (Wildman–Crippen LogP) is 6.13. The number of aromatic nitrogens is 3. The van der Waals surface area contributed by atoms with E-state index in [9.17, 15) is 0 Å². The first kappa shape index (κ1) is 63.9. The van der Waals surface area contributed by atoms with E-state index in [1.54, 1.807) is 79.1 Å². The Bertz CT molecular complexity index is 2020. The number of hydrogen-bond acceptors (Lipinski definition) is 24. The molecule has 1 heterocycles. The molecule has 24 heteroatoms. The fraction of sp³-hybridized carbons (Fsp3) is 0.604. The summed E-state index contributed by atoms with van der Waals surface area (Å²) in [6.45, 7) is 9.58. The molecule has 0 aliphatic rings. The van der Waals surface area contributed by atoms with Gasteiger partial charge >= 0.3 is 0 Å². The van der Waals surface area contributed by atoms with Crippen molar-refractivity contribution in [2.24, 2.45) is 0 Å². The van der Waals surface area contributed by atoms with Crippen LogP contribution in [0.1, 0.15) is 12.8 Å². The second-order valence-electron chi connectivity index (χ2n) is 16.1. The predicted molar refractivity (Wildman–Crippen MR) is 287 cm³/mol. The molecule has 0 fully saturated rings. The van der Waals surface area contributed by atoms with Gasteiger partial charge in [-0.05, 0) is 49.2 Å². The monoisotopic (exact) mass is 1090 g/mol. The summed E-state index contributed by atoms with van der Waals surface area (Å²) < 4.78 is 101. The van der Waals surface area contributed by atoms with Gasteiger partial charge in [0.05, 0.1) is 106 Å². The quantitative estimate of drug-likeness (QED) is 0.0421. The molecule has 4 aromatic rings. The maximum absolute atomic E-state index is 6.20. The molecular formula is C53H82N6O18. The highest BCUT2D eigenvalue weighted by molar-refractivity contribution is 5.66. The minimum Gasteiger partial charge on any atom is -0.487 e. The zero-order valence-corrected chi connectivity index (χ0v) is 45.8. The Kier molecular flexibility index (Phi) is 35.2. The molecule has 0 saturated heterocycles. The number of nitrogens with one attached hydrogen (secondary N) is 3. The Morgan fingerprint density at radius 1 is 0.260 bits per heavy atom. The van der Waals surface area contributed by atoms with Crippen molar-refractivity contribution in [3.8, 4) is 34.5 Å². The van der Waals surface area contributed by atoms with Crippen molar-refractivity contribution in [3.63, 3.8) is 0 Å². The molecule has 3 N–H and O–H groups in total. The summed E-state index contributed by atoms with van der Waals surface area (Å²) in [5.74, 6) is 3.47. The number of nitrogens with zero attached hydrogens (tertiary/aromatic N) is 3. The molecule has 4 rings (SSSR count). The Morgan fingerprint density at radius 3 is 0.766 bits per heavy atom. The van der Waals surface area contributed by atoms with E-state index in [1.807, 2.05) is 18.2 Å². The van der Waals surface area contributed by atoms with Crippen molar-refractivity contribution >= 4 is 34.9 Å². The maximum atomic E-state index is 6.20. The summed E-state index contributed by atoms with van der Waals surface area (Å²) in [6, 6.07) is 16.3. The van der Waals surface area contributed by atoms with Crippen LogP contribution in [-0.2, 0) is 56.8 Å². The highest BCUT2D eigenvalue weighted by atomic mass is 16.6. The van der Waals surface area contributed by atoms with Crippen molar-refractivity contribution in [2.75, 3.05) is 217 Å². The van der Waals surface area contributed by atoms with Crippen molar-refractivity contribution in [3.05, 3.63) is 54.6 Å². The summed E-state index contributed by atoms with van der Waals surface area (Å²) in [4.78, 5) is 14.4. The molecule has 432 valence electrons. The van der Waals surface area contributed by atoms with E-state index in [1.165, 1.54) is 0 Å². The third-order valence-corrected chi connectivity index (χ3v) is 10.2. The zero-order valence-electron chi connectivity index (χ0n) is 45.8. The molecule has 1 aromatic heterocycles. The summed E-state index contributed by atoms with van der Waals surface area (Å²) >= 11 is 0. The summed E-state index contributed by atoms with van der Waals surface area (Å²) in [5, 5.41) is 9.98. The number of methoxy groups -OCH3 is 6. The number of anilines is 6. The molecule has 0 bridgehead atoms. The minimum absolute atomic E-state index is 0.184. The second kappa shape index (κ2) is 42.4. The van der Waals surface area contributed by atoms with Gasteiger partial charge < -0.3 is 101 Å². The van der Waals surface area contributed by atoms with E-state index in [0.717, 1.165) is 12.8 Å². The first-order valence-electron chi connectivity index (χ1n) is 25.7. The van der Waals surface area contributed by atoms with Crippen LogP contribution in [0.15, 0.2) is 54.6 Å². The Hall–Kier alpha value is -5.61. The van der Waals surface area contributed by atoms with Crippen LogP contribution in [0.25, 0.3) is 0 Å². The first-order valence-corrected chi connectivity index (χ1v) is 25.7. The van der Waals surface area contributed by atoms with Crippen LogP contribution in [0.2, 0.25) is 0 Å². The van der Waals surface area contributed by atoms with Gasteiger partial charge in [-0.15, -0.1) is 0 Å². The van der Waals surface area contributed by atoms with Crippen LogP contribution >= 0.6 is 0 Å². The van der Waals surface area contributed by atoms with Crippen molar-refractivity contribution in [2.45, 2.75) is 12.8 Å². The van der Waals surface area contributed by atoms with Crippen LogP contribution in [0.5, 0.6) is 34.5 Å². The lowest BCUT2D eigenvalue weighted by Crippen LogP contribution is -2.13. The Morgan fingerprint density at radius 2 is 0.494 bits per heavy atom. The second-order valence-corrected chi connectivity index (χ2v) is 16.1. The van der Waals surface area contributed by atoms with Gasteiger partial charge in [0.25, 0.3) is 0 Å². The molecule has 0 aliphatic heterocycles. The van der Waals surface area contributed by atoms with Gasteiger partial charge in [-0.3, -0.25) is 0 Å². The third kappa shape index (κ3) is 28.5. The van der Waals surface area contributed by atoms with E-state index in [-0.39, 0.29) is 50.9 Å². The van der Waals surface area contributed by atoms with Crippen LogP contribution in [0.3, 0.4) is 0 Å². The van der Waals surface area contributed by atoms with Crippen LogP contribution in [0, 0.1) is 0 Å². The van der Waals surface area contributed by atoms with Gasteiger partial charge in [0, 0.05) is 91.1 Å². The number of unbranched alkanes of at least 4 members (excludes halogenated alkanes) is 1. The normalized spacial score (nSPS) is 11.1. The van der Waals surface area contributed by atoms with Crippen molar-refractivity contribution < 1.29 is 85.3 Å². The largest absolute Gasteiger partial charge is 0.487 e. The van der Waals surface area contributed by atoms with E-state index in [4.69, 9.17) is 100 Å². The molecule has 0 atom stereocenters. The van der Waals surface area contributed by atoms with E-state index in [2.05, 4.69) is 16.0 Å². The topological polar surface area (TPSA) is 241 Å². The average Bonchev–Trinajstić information content (AvgIpc) is 3.44. The Balaban J connectivity index is 1.66. The maximum Gasteiger partial charge on any atom is 0.233 e. The van der Waals surface area contributed by atoms with E-state index in [0.29, 0.717) is 177 Å². The van der Waals surface area contributed by atoms with Gasteiger partial charge in [-0.2, -0.15) is 15.0 Å². The van der Waals surface area contributed by atoms with Crippen LogP contribution in [-0.4, -0.2) is 216 Å². The molecule has 24 nitrogen and oxygen atoms in total. The van der Waals surface area contributed by atoms with Gasteiger partial charge in [-0.25, -0.2) is 0 Å². The lowest BCUT2D eigenvalue weighted by molar-refractivity contribution is 0.0499. The van der Waals surface area contributed by atoms with Gasteiger partial charge in [0.2, 0.25) is 17.8 Å². The molecule has 3 aromatic carbocycles. The molecule has 0 saturated carbocycles. The number of ether oxygens (including phenoxy) is 18. The minimum atomic E-state index is 0.184. The van der Waals surface area contributed by atoms with Crippen molar-refractivity contribution in [1.29, 1.82) is 0 Å². The number of benzene rings is 3.